The average Bonchev–Trinajstić information content (AvgIpc) is 3.47. The number of esters is 2. The highest BCUT2D eigenvalue weighted by Crippen LogP contribution is 2.27. The van der Waals surface area contributed by atoms with Gasteiger partial charge in [0.25, 0.3) is 0 Å². The van der Waals surface area contributed by atoms with Crippen LogP contribution in [0.5, 0.6) is 0 Å². The smallest absolute Gasteiger partial charge is 0.306 e. The van der Waals surface area contributed by atoms with Crippen molar-refractivity contribution in [2.45, 2.75) is 332 Å². The highest BCUT2D eigenvalue weighted by atomic mass is 16.7. The van der Waals surface area contributed by atoms with Crippen molar-refractivity contribution in [3.63, 3.8) is 0 Å². The molecule has 0 aromatic rings. The van der Waals surface area contributed by atoms with E-state index in [1.165, 1.54) is 148 Å². The number of allylic oxidation sites excluding steroid dienone is 8. The Kier molecular flexibility index (Phi) is 47.7. The van der Waals surface area contributed by atoms with E-state index in [0.29, 0.717) is 12.8 Å². The summed E-state index contributed by atoms with van der Waals surface area (Å²) in [4.78, 5) is 26.0. The fourth-order valence-electron chi connectivity index (χ4n) is 10.3. The van der Waals surface area contributed by atoms with E-state index in [1.807, 2.05) is 0 Å². The highest BCUT2D eigenvalue weighted by molar-refractivity contribution is 5.70. The van der Waals surface area contributed by atoms with Gasteiger partial charge in [0.15, 0.2) is 18.7 Å². The van der Waals surface area contributed by atoms with E-state index in [2.05, 4.69) is 62.5 Å². The maximum atomic E-state index is 13.1. The first-order chi connectivity index (χ1) is 39.5. The molecular weight excluding hydrogens is 1030 g/mol. The molecule has 15 nitrogen and oxygen atoms in total. The fraction of sp³-hybridized carbons (Fsp3) is 0.848. The minimum atomic E-state index is -1.77. The van der Waals surface area contributed by atoms with Crippen LogP contribution in [0.3, 0.4) is 0 Å². The Morgan fingerprint density at radius 1 is 0.407 bits per heavy atom. The van der Waals surface area contributed by atoms with Crippen LogP contribution in [0.1, 0.15) is 264 Å². The molecule has 0 aromatic heterocycles. The molecule has 0 aromatic carbocycles. The Morgan fingerprint density at radius 2 is 0.778 bits per heavy atom. The molecule has 2 aliphatic rings. The monoisotopic (exact) mass is 1150 g/mol. The quantitative estimate of drug-likeness (QED) is 0.0171. The molecule has 0 radical (unpaired) electrons. The molecule has 0 saturated carbocycles. The van der Waals surface area contributed by atoms with Gasteiger partial charge in [0.05, 0.1) is 19.8 Å². The summed E-state index contributed by atoms with van der Waals surface area (Å²) in [6.45, 7) is 2.53. The van der Waals surface area contributed by atoms with Crippen molar-refractivity contribution in [1.82, 2.24) is 0 Å². The van der Waals surface area contributed by atoms with Gasteiger partial charge in [0.1, 0.15) is 55.4 Å². The molecular formula is C66H118O15. The third-order valence-electron chi connectivity index (χ3n) is 15.6. The van der Waals surface area contributed by atoms with Gasteiger partial charge in [0, 0.05) is 12.8 Å². The van der Waals surface area contributed by atoms with Crippen LogP contribution in [0.25, 0.3) is 0 Å². The Bertz CT molecular complexity index is 1590. The number of carbonyl (C=O) groups is 2. The van der Waals surface area contributed by atoms with Gasteiger partial charge in [-0.1, -0.05) is 249 Å². The fourth-order valence-corrected chi connectivity index (χ4v) is 10.3. The predicted molar refractivity (Wildman–Crippen MR) is 321 cm³/mol. The van der Waals surface area contributed by atoms with Gasteiger partial charge < -0.3 is 64.2 Å². The number of aliphatic hydroxyl groups is 7. The molecule has 2 rings (SSSR count). The lowest BCUT2D eigenvalue weighted by Gasteiger charge is -2.42. The largest absolute Gasteiger partial charge is 0.462 e. The van der Waals surface area contributed by atoms with E-state index in [1.54, 1.807) is 0 Å². The average molecular weight is 1150 g/mol. The number of ether oxygens (including phenoxy) is 6. The van der Waals surface area contributed by atoms with E-state index in [9.17, 15) is 45.3 Å². The Hall–Kier alpha value is -2.54. The number of rotatable bonds is 53. The van der Waals surface area contributed by atoms with Crippen LogP contribution in [0, 0.1) is 0 Å². The van der Waals surface area contributed by atoms with Crippen LogP contribution in [0.2, 0.25) is 0 Å². The summed E-state index contributed by atoms with van der Waals surface area (Å²) in [6.07, 6.45) is 45.6. The SMILES string of the molecule is CC/C=C\C/C=C\C/C=C\C/C=C\CCCCCCCCCCC(=O)OC(COC(=O)CCCCCCCCCCCCCCCCCCCCCCCCCC)COC1OC(COC2OC(CO)C(O)C(O)C2O)C(O)C(O)C1O. The summed E-state index contributed by atoms with van der Waals surface area (Å²) in [5.74, 6) is -0.922. The van der Waals surface area contributed by atoms with Crippen molar-refractivity contribution in [1.29, 1.82) is 0 Å². The first-order valence-electron chi connectivity index (χ1n) is 32.7. The second kappa shape index (κ2) is 51.8. The normalized spacial score (nSPS) is 23.9. The van der Waals surface area contributed by atoms with E-state index in [0.717, 1.165) is 77.0 Å². The Morgan fingerprint density at radius 3 is 1.22 bits per heavy atom. The third-order valence-corrected chi connectivity index (χ3v) is 15.6. The number of carbonyl (C=O) groups excluding carboxylic acids is 2. The second-order valence-corrected chi connectivity index (χ2v) is 22.9. The lowest BCUT2D eigenvalue weighted by atomic mass is 9.98. The van der Waals surface area contributed by atoms with Crippen LogP contribution in [-0.2, 0) is 38.0 Å². The summed E-state index contributed by atoms with van der Waals surface area (Å²) in [6, 6.07) is 0. The van der Waals surface area contributed by atoms with Crippen molar-refractivity contribution in [2.75, 3.05) is 26.4 Å². The molecule has 0 spiro atoms. The van der Waals surface area contributed by atoms with Crippen molar-refractivity contribution in [3.8, 4) is 0 Å². The maximum Gasteiger partial charge on any atom is 0.306 e. The van der Waals surface area contributed by atoms with Gasteiger partial charge in [-0.25, -0.2) is 0 Å². The first-order valence-corrected chi connectivity index (χ1v) is 32.7. The minimum absolute atomic E-state index is 0.156. The van der Waals surface area contributed by atoms with Crippen LogP contribution in [0.15, 0.2) is 48.6 Å². The molecule has 2 saturated heterocycles. The zero-order chi connectivity index (χ0) is 58.8. The van der Waals surface area contributed by atoms with Gasteiger partial charge >= 0.3 is 11.9 Å². The third kappa shape index (κ3) is 38.2. The summed E-state index contributed by atoms with van der Waals surface area (Å²) < 4.78 is 33.8. The standard InChI is InChI=1S/C66H118O15/c1-3-5-7-9-11-13-15-17-19-21-23-25-26-27-29-30-32-34-36-38-40-42-44-46-48-57(68)76-51-54(52-77-65-64(75)62(73)60(71)56(81-65)53-78-66-63(74)61(72)59(70)55(50-67)80-66)79-58(69)49-47-45-43-41-39-37-35-33-31-28-24-22-20-18-16-14-12-10-8-6-4-2/h6,8,12,14,18,20,24,28,54-56,59-67,70-75H,3-5,7,9-11,13,15-17,19,21-23,25-27,29-53H2,1-2H3/b8-6-,14-12-,20-18-,28-24-. The predicted octanol–water partition coefficient (Wildman–Crippen LogP) is 12.6. The molecule has 11 atom stereocenters. The lowest BCUT2D eigenvalue weighted by molar-refractivity contribution is -0.332. The van der Waals surface area contributed by atoms with E-state index in [4.69, 9.17) is 28.4 Å². The van der Waals surface area contributed by atoms with Crippen molar-refractivity contribution < 1.29 is 73.8 Å². The summed E-state index contributed by atoms with van der Waals surface area (Å²) in [5.41, 5.74) is 0. The van der Waals surface area contributed by atoms with Gasteiger partial charge in [-0.3, -0.25) is 9.59 Å². The molecule has 15 heteroatoms. The molecule has 0 amide bonds. The first kappa shape index (κ1) is 74.6. The molecule has 472 valence electrons. The van der Waals surface area contributed by atoms with E-state index in [-0.39, 0.29) is 26.1 Å². The minimum Gasteiger partial charge on any atom is -0.462 e. The van der Waals surface area contributed by atoms with Gasteiger partial charge in [-0.15, -0.1) is 0 Å². The van der Waals surface area contributed by atoms with Gasteiger partial charge in [0.2, 0.25) is 0 Å². The van der Waals surface area contributed by atoms with E-state index >= 15 is 0 Å². The number of aliphatic hydroxyl groups excluding tert-OH is 7. The Balaban J connectivity index is 1.69. The lowest BCUT2D eigenvalue weighted by Crippen LogP contribution is -2.61. The highest BCUT2D eigenvalue weighted by Gasteiger charge is 2.47. The van der Waals surface area contributed by atoms with Gasteiger partial charge in [-0.2, -0.15) is 0 Å². The maximum absolute atomic E-state index is 13.1. The Labute approximate surface area is 490 Å². The summed E-state index contributed by atoms with van der Waals surface area (Å²) in [5, 5.41) is 72.5. The van der Waals surface area contributed by atoms with Crippen molar-refractivity contribution in [3.05, 3.63) is 48.6 Å². The molecule has 11 unspecified atom stereocenters. The topological polar surface area (TPSA) is 231 Å². The molecule has 0 bridgehead atoms. The van der Waals surface area contributed by atoms with Crippen LogP contribution >= 0.6 is 0 Å². The zero-order valence-corrected chi connectivity index (χ0v) is 50.8. The molecule has 0 aliphatic carbocycles. The van der Waals surface area contributed by atoms with Crippen LogP contribution in [0.4, 0.5) is 0 Å². The number of unbranched alkanes of at least 4 members (excludes halogenated alkanes) is 31. The molecule has 2 fully saturated rings. The molecule has 7 N–H and O–H groups in total. The van der Waals surface area contributed by atoms with Crippen LogP contribution in [-0.4, -0.2) is 142 Å². The second-order valence-electron chi connectivity index (χ2n) is 22.9. The van der Waals surface area contributed by atoms with Crippen molar-refractivity contribution >= 4 is 11.9 Å². The zero-order valence-electron chi connectivity index (χ0n) is 50.8. The number of hydrogen-bond acceptors (Lipinski definition) is 15. The molecule has 2 aliphatic heterocycles. The molecule has 2 heterocycles. The summed E-state index contributed by atoms with van der Waals surface area (Å²) >= 11 is 0. The van der Waals surface area contributed by atoms with E-state index < -0.39 is 92.7 Å². The molecule has 81 heavy (non-hydrogen) atoms. The summed E-state index contributed by atoms with van der Waals surface area (Å²) in [7, 11) is 0. The van der Waals surface area contributed by atoms with Gasteiger partial charge in [-0.05, 0) is 51.4 Å². The van der Waals surface area contributed by atoms with Crippen LogP contribution < -0.4 is 0 Å². The number of hydrogen-bond donors (Lipinski definition) is 7. The van der Waals surface area contributed by atoms with Crippen molar-refractivity contribution in [2.24, 2.45) is 0 Å².